The standard InChI is InChI=1S/C9H9N3O5/c1-5-3-7(11(14)15)4-8(12(16)17)9(5)10-6(2)13/h3-4H,1-2H3,(H,10,13). The number of rotatable bonds is 3. The second-order valence-electron chi connectivity index (χ2n) is 3.35. The lowest BCUT2D eigenvalue weighted by molar-refractivity contribution is -0.393. The van der Waals surface area contributed by atoms with Gasteiger partial charge in [0.25, 0.3) is 11.4 Å². The van der Waals surface area contributed by atoms with Crippen molar-refractivity contribution in [3.8, 4) is 0 Å². The van der Waals surface area contributed by atoms with E-state index in [-0.39, 0.29) is 16.9 Å². The van der Waals surface area contributed by atoms with Gasteiger partial charge >= 0.3 is 0 Å². The lowest BCUT2D eigenvalue weighted by Gasteiger charge is -2.06. The summed E-state index contributed by atoms with van der Waals surface area (Å²) < 4.78 is 0. The summed E-state index contributed by atoms with van der Waals surface area (Å²) in [6, 6.07) is 1.98. The minimum Gasteiger partial charge on any atom is -0.320 e. The Kier molecular flexibility index (Phi) is 3.37. The molecule has 0 radical (unpaired) electrons. The minimum atomic E-state index is -0.773. The molecular weight excluding hydrogens is 230 g/mol. The molecule has 0 spiro atoms. The molecular formula is C9H9N3O5. The summed E-state index contributed by atoms with van der Waals surface area (Å²) in [4.78, 5) is 30.7. The monoisotopic (exact) mass is 239 g/mol. The number of non-ortho nitro benzene ring substituents is 1. The quantitative estimate of drug-likeness (QED) is 0.637. The van der Waals surface area contributed by atoms with E-state index < -0.39 is 21.4 Å². The summed E-state index contributed by atoms with van der Waals surface area (Å²) in [5, 5.41) is 23.6. The number of carbonyl (C=O) groups excluding carboxylic acids is 1. The maximum absolute atomic E-state index is 10.9. The van der Waals surface area contributed by atoms with Gasteiger partial charge in [0.05, 0.1) is 15.9 Å². The van der Waals surface area contributed by atoms with E-state index in [0.29, 0.717) is 0 Å². The van der Waals surface area contributed by atoms with Gasteiger partial charge in [-0.3, -0.25) is 25.0 Å². The van der Waals surface area contributed by atoms with Gasteiger partial charge in [-0.25, -0.2) is 0 Å². The number of nitro benzene ring substituents is 2. The summed E-state index contributed by atoms with van der Waals surface area (Å²) in [5.41, 5.74) is -0.635. The van der Waals surface area contributed by atoms with E-state index in [4.69, 9.17) is 0 Å². The number of aryl methyl sites for hydroxylation is 1. The molecule has 8 nitrogen and oxygen atoms in total. The average Bonchev–Trinajstić information content (AvgIpc) is 2.19. The lowest BCUT2D eigenvalue weighted by atomic mass is 10.1. The van der Waals surface area contributed by atoms with Crippen LogP contribution in [0.2, 0.25) is 0 Å². The number of benzene rings is 1. The van der Waals surface area contributed by atoms with E-state index in [1.165, 1.54) is 13.8 Å². The number of hydrogen-bond donors (Lipinski definition) is 1. The van der Waals surface area contributed by atoms with E-state index >= 15 is 0 Å². The van der Waals surface area contributed by atoms with Gasteiger partial charge in [-0.15, -0.1) is 0 Å². The number of nitro groups is 2. The zero-order valence-corrected chi connectivity index (χ0v) is 9.09. The molecule has 0 heterocycles. The Morgan fingerprint density at radius 1 is 1.24 bits per heavy atom. The van der Waals surface area contributed by atoms with Gasteiger partial charge in [-0.05, 0) is 12.5 Å². The number of nitrogens with one attached hydrogen (secondary N) is 1. The molecule has 0 aliphatic rings. The Morgan fingerprint density at radius 3 is 2.24 bits per heavy atom. The molecule has 0 aliphatic heterocycles. The molecule has 0 saturated heterocycles. The van der Waals surface area contributed by atoms with Crippen LogP contribution in [-0.2, 0) is 4.79 Å². The van der Waals surface area contributed by atoms with E-state index in [1.807, 2.05) is 0 Å². The minimum absolute atomic E-state index is 0.0203. The van der Waals surface area contributed by atoms with Crippen molar-refractivity contribution in [1.29, 1.82) is 0 Å². The highest BCUT2D eigenvalue weighted by Gasteiger charge is 2.22. The average molecular weight is 239 g/mol. The van der Waals surface area contributed by atoms with Crippen molar-refractivity contribution in [2.75, 3.05) is 5.32 Å². The highest BCUT2D eigenvalue weighted by Crippen LogP contribution is 2.32. The largest absolute Gasteiger partial charge is 0.320 e. The predicted molar refractivity (Wildman–Crippen MR) is 58.8 cm³/mol. The third kappa shape index (κ3) is 2.74. The van der Waals surface area contributed by atoms with Crippen LogP contribution in [-0.4, -0.2) is 15.8 Å². The van der Waals surface area contributed by atoms with Crippen molar-refractivity contribution >= 4 is 23.0 Å². The smallest absolute Gasteiger partial charge is 0.299 e. The normalized spacial score (nSPS) is 9.76. The number of carbonyl (C=O) groups is 1. The fraction of sp³-hybridized carbons (Fsp3) is 0.222. The molecule has 0 bridgehead atoms. The molecule has 1 amide bonds. The first kappa shape index (κ1) is 12.6. The number of anilines is 1. The molecule has 17 heavy (non-hydrogen) atoms. The highest BCUT2D eigenvalue weighted by molar-refractivity contribution is 5.92. The zero-order chi connectivity index (χ0) is 13.2. The second kappa shape index (κ2) is 4.56. The van der Waals surface area contributed by atoms with Crippen molar-refractivity contribution in [3.63, 3.8) is 0 Å². The molecule has 0 aromatic heterocycles. The molecule has 0 atom stereocenters. The van der Waals surface area contributed by atoms with Crippen molar-refractivity contribution in [2.24, 2.45) is 0 Å². The van der Waals surface area contributed by atoms with Crippen LogP contribution in [0, 0.1) is 27.2 Å². The zero-order valence-electron chi connectivity index (χ0n) is 9.09. The molecule has 1 aromatic carbocycles. The first-order valence-corrected chi connectivity index (χ1v) is 4.54. The van der Waals surface area contributed by atoms with Crippen LogP contribution in [0.5, 0.6) is 0 Å². The molecule has 0 saturated carbocycles. The summed E-state index contributed by atoms with van der Waals surface area (Å²) in [7, 11) is 0. The summed E-state index contributed by atoms with van der Waals surface area (Å²) >= 11 is 0. The second-order valence-corrected chi connectivity index (χ2v) is 3.35. The third-order valence-corrected chi connectivity index (χ3v) is 2.01. The van der Waals surface area contributed by atoms with Gasteiger partial charge in [-0.1, -0.05) is 0 Å². The number of amides is 1. The van der Waals surface area contributed by atoms with Crippen molar-refractivity contribution < 1.29 is 14.6 Å². The highest BCUT2D eigenvalue weighted by atomic mass is 16.6. The molecule has 1 rings (SSSR count). The van der Waals surface area contributed by atoms with Crippen LogP contribution < -0.4 is 5.32 Å². The lowest BCUT2D eigenvalue weighted by Crippen LogP contribution is -2.10. The maximum atomic E-state index is 10.9. The first-order chi connectivity index (χ1) is 7.82. The number of nitrogens with zero attached hydrogens (tertiary/aromatic N) is 2. The Morgan fingerprint density at radius 2 is 1.82 bits per heavy atom. The van der Waals surface area contributed by atoms with Gasteiger partial charge in [0.2, 0.25) is 5.91 Å². The van der Waals surface area contributed by atoms with Crippen molar-refractivity contribution in [3.05, 3.63) is 37.9 Å². The number of hydrogen-bond acceptors (Lipinski definition) is 5. The predicted octanol–water partition coefficient (Wildman–Crippen LogP) is 1.77. The van der Waals surface area contributed by atoms with Crippen LogP contribution in [0.3, 0.4) is 0 Å². The Hall–Kier alpha value is -2.51. The van der Waals surface area contributed by atoms with Crippen molar-refractivity contribution in [1.82, 2.24) is 0 Å². The summed E-state index contributed by atoms with van der Waals surface area (Å²) in [5.74, 6) is -0.481. The fourth-order valence-electron chi connectivity index (χ4n) is 1.34. The van der Waals surface area contributed by atoms with Gasteiger partial charge in [0.1, 0.15) is 5.69 Å². The maximum Gasteiger partial charge on any atom is 0.299 e. The van der Waals surface area contributed by atoms with E-state index in [0.717, 1.165) is 12.1 Å². The van der Waals surface area contributed by atoms with Gasteiger partial charge < -0.3 is 5.32 Å². The molecule has 90 valence electrons. The van der Waals surface area contributed by atoms with E-state index in [9.17, 15) is 25.0 Å². The van der Waals surface area contributed by atoms with E-state index in [2.05, 4.69) is 5.32 Å². The summed E-state index contributed by atoms with van der Waals surface area (Å²) in [6.07, 6.45) is 0. The molecule has 0 aliphatic carbocycles. The van der Waals surface area contributed by atoms with Gasteiger partial charge in [-0.2, -0.15) is 0 Å². The summed E-state index contributed by atoms with van der Waals surface area (Å²) in [6.45, 7) is 2.65. The van der Waals surface area contributed by atoms with Crippen LogP contribution >= 0.6 is 0 Å². The van der Waals surface area contributed by atoms with Gasteiger partial charge in [0.15, 0.2) is 0 Å². The molecule has 1 N–H and O–H groups in total. The molecule has 1 aromatic rings. The third-order valence-electron chi connectivity index (χ3n) is 2.01. The Labute approximate surface area is 95.5 Å². The molecule has 0 fully saturated rings. The van der Waals surface area contributed by atoms with Crippen LogP contribution in [0.15, 0.2) is 12.1 Å². The molecule has 0 unspecified atom stereocenters. The van der Waals surface area contributed by atoms with Crippen LogP contribution in [0.25, 0.3) is 0 Å². The van der Waals surface area contributed by atoms with Crippen LogP contribution in [0.1, 0.15) is 12.5 Å². The Balaban J connectivity index is 3.43. The topological polar surface area (TPSA) is 115 Å². The van der Waals surface area contributed by atoms with Gasteiger partial charge in [0, 0.05) is 13.0 Å². The Bertz CT molecular complexity index is 512. The fourth-order valence-corrected chi connectivity index (χ4v) is 1.34. The molecule has 8 heteroatoms. The van der Waals surface area contributed by atoms with E-state index in [1.54, 1.807) is 0 Å². The first-order valence-electron chi connectivity index (χ1n) is 4.54. The van der Waals surface area contributed by atoms with Crippen molar-refractivity contribution in [2.45, 2.75) is 13.8 Å². The van der Waals surface area contributed by atoms with Crippen LogP contribution in [0.4, 0.5) is 17.1 Å². The SMILES string of the molecule is CC(=O)Nc1c(C)cc([N+](=O)[O-])cc1[N+](=O)[O-].